The van der Waals surface area contributed by atoms with Gasteiger partial charge in [-0.1, -0.05) is 0 Å². The average Bonchev–Trinajstić information content (AvgIpc) is 2.97. The van der Waals surface area contributed by atoms with Gasteiger partial charge in [0.05, 0.1) is 17.6 Å². The first-order chi connectivity index (χ1) is 10.2. The van der Waals surface area contributed by atoms with Gasteiger partial charge < -0.3 is 14.8 Å². The minimum atomic E-state index is -0.377. The number of nitrogens with zero attached hydrogens (tertiary/aromatic N) is 1. The molecule has 21 heavy (non-hydrogen) atoms. The molecule has 0 amide bonds. The molecule has 0 bridgehead atoms. The van der Waals surface area contributed by atoms with Crippen LogP contribution in [0.3, 0.4) is 0 Å². The van der Waals surface area contributed by atoms with Crippen molar-refractivity contribution in [2.75, 3.05) is 20.3 Å². The Morgan fingerprint density at radius 1 is 1.38 bits per heavy atom. The summed E-state index contributed by atoms with van der Waals surface area (Å²) in [6.07, 6.45) is 4.75. The molecule has 6 heteroatoms. The maximum absolute atomic E-state index is 10.9. The van der Waals surface area contributed by atoms with Gasteiger partial charge in [-0.3, -0.25) is 10.1 Å². The molecule has 2 rings (SSSR count). The van der Waals surface area contributed by atoms with Gasteiger partial charge in [-0.15, -0.1) is 0 Å². The van der Waals surface area contributed by atoms with Crippen LogP contribution in [-0.2, 0) is 11.3 Å². The Labute approximate surface area is 124 Å². The number of ether oxygens (including phenoxy) is 2. The molecule has 0 aromatic heterocycles. The second-order valence-corrected chi connectivity index (χ2v) is 5.24. The predicted molar refractivity (Wildman–Crippen MR) is 79.6 cm³/mol. The number of nitro groups is 1. The van der Waals surface area contributed by atoms with Crippen LogP contribution in [-0.4, -0.2) is 31.3 Å². The van der Waals surface area contributed by atoms with Crippen molar-refractivity contribution in [3.63, 3.8) is 0 Å². The third-order valence-corrected chi connectivity index (χ3v) is 3.65. The molecule has 116 valence electrons. The van der Waals surface area contributed by atoms with Crippen LogP contribution in [0.2, 0.25) is 0 Å². The lowest BCUT2D eigenvalue weighted by molar-refractivity contribution is -0.384. The molecule has 1 aromatic carbocycles. The van der Waals surface area contributed by atoms with Crippen LogP contribution in [0.5, 0.6) is 5.75 Å². The number of methoxy groups -OCH3 is 1. The van der Waals surface area contributed by atoms with Crippen LogP contribution in [0.25, 0.3) is 0 Å². The molecule has 1 N–H and O–H groups in total. The summed E-state index contributed by atoms with van der Waals surface area (Å²) >= 11 is 0. The quantitative estimate of drug-likeness (QED) is 0.453. The highest BCUT2D eigenvalue weighted by molar-refractivity contribution is 5.44. The summed E-state index contributed by atoms with van der Waals surface area (Å²) < 4.78 is 11.0. The molecule has 0 atom stereocenters. The van der Waals surface area contributed by atoms with Crippen molar-refractivity contribution in [1.82, 2.24) is 5.32 Å². The summed E-state index contributed by atoms with van der Waals surface area (Å²) in [6.45, 7) is 1.84. The standard InChI is InChI=1S/C15H22N2O4/c1-20-9-8-16-11-12-10-13(17(18)19)6-7-15(12)21-14-4-2-3-5-14/h6-7,10,14,16H,2-5,8-9,11H2,1H3. The zero-order chi connectivity index (χ0) is 15.1. The zero-order valence-electron chi connectivity index (χ0n) is 12.3. The molecule has 0 heterocycles. The van der Waals surface area contributed by atoms with Gasteiger partial charge in [-0.05, 0) is 31.7 Å². The second-order valence-electron chi connectivity index (χ2n) is 5.24. The van der Waals surface area contributed by atoms with E-state index in [9.17, 15) is 10.1 Å². The molecule has 1 aliphatic rings. The molecule has 0 unspecified atom stereocenters. The maximum atomic E-state index is 10.9. The highest BCUT2D eigenvalue weighted by Crippen LogP contribution is 2.29. The van der Waals surface area contributed by atoms with E-state index in [-0.39, 0.29) is 16.7 Å². The summed E-state index contributed by atoms with van der Waals surface area (Å²) in [5, 5.41) is 14.1. The number of nitro benzene ring substituents is 1. The van der Waals surface area contributed by atoms with E-state index in [2.05, 4.69) is 5.32 Å². The number of non-ortho nitro benzene ring substituents is 1. The van der Waals surface area contributed by atoms with E-state index in [1.54, 1.807) is 19.2 Å². The number of rotatable bonds is 8. The van der Waals surface area contributed by atoms with Crippen LogP contribution in [0.15, 0.2) is 18.2 Å². The predicted octanol–water partition coefficient (Wildman–Crippen LogP) is 2.65. The van der Waals surface area contributed by atoms with Gasteiger partial charge in [0.2, 0.25) is 0 Å². The minimum Gasteiger partial charge on any atom is -0.490 e. The van der Waals surface area contributed by atoms with Gasteiger partial charge in [-0.2, -0.15) is 0 Å². The monoisotopic (exact) mass is 294 g/mol. The van der Waals surface area contributed by atoms with Gasteiger partial charge in [0.1, 0.15) is 5.75 Å². The van der Waals surface area contributed by atoms with Crippen molar-refractivity contribution in [3.05, 3.63) is 33.9 Å². The van der Waals surface area contributed by atoms with E-state index >= 15 is 0 Å². The highest BCUT2D eigenvalue weighted by Gasteiger charge is 2.19. The topological polar surface area (TPSA) is 73.6 Å². The third-order valence-electron chi connectivity index (χ3n) is 3.65. The van der Waals surface area contributed by atoms with Crippen LogP contribution >= 0.6 is 0 Å². The Morgan fingerprint density at radius 2 is 2.14 bits per heavy atom. The van der Waals surface area contributed by atoms with E-state index in [0.717, 1.165) is 24.2 Å². The largest absolute Gasteiger partial charge is 0.490 e. The lowest BCUT2D eigenvalue weighted by atomic mass is 10.1. The fourth-order valence-corrected chi connectivity index (χ4v) is 2.52. The Balaban J connectivity index is 2.06. The molecule has 6 nitrogen and oxygen atoms in total. The minimum absolute atomic E-state index is 0.0947. The summed E-state index contributed by atoms with van der Waals surface area (Å²) in [6, 6.07) is 4.80. The third kappa shape index (κ3) is 4.68. The van der Waals surface area contributed by atoms with E-state index in [1.807, 2.05) is 0 Å². The molecule has 1 aliphatic carbocycles. The van der Waals surface area contributed by atoms with Crippen molar-refractivity contribution in [3.8, 4) is 5.75 Å². The van der Waals surface area contributed by atoms with Crippen LogP contribution in [0.1, 0.15) is 31.2 Å². The van der Waals surface area contributed by atoms with Crippen molar-refractivity contribution < 1.29 is 14.4 Å². The Kier molecular flexibility index (Phi) is 5.95. The molecule has 0 radical (unpaired) electrons. The molecule has 1 aromatic rings. The Morgan fingerprint density at radius 3 is 2.81 bits per heavy atom. The maximum Gasteiger partial charge on any atom is 0.270 e. The van der Waals surface area contributed by atoms with Gasteiger partial charge in [-0.25, -0.2) is 0 Å². The first kappa shape index (κ1) is 15.7. The van der Waals surface area contributed by atoms with E-state index in [4.69, 9.17) is 9.47 Å². The van der Waals surface area contributed by atoms with Gasteiger partial charge >= 0.3 is 0 Å². The van der Waals surface area contributed by atoms with Crippen molar-refractivity contribution in [2.45, 2.75) is 38.3 Å². The first-order valence-electron chi connectivity index (χ1n) is 7.34. The van der Waals surface area contributed by atoms with Crippen molar-refractivity contribution in [2.24, 2.45) is 0 Å². The molecular weight excluding hydrogens is 272 g/mol. The summed E-state index contributed by atoms with van der Waals surface area (Å²) in [5.74, 6) is 0.748. The van der Waals surface area contributed by atoms with Crippen LogP contribution in [0.4, 0.5) is 5.69 Å². The van der Waals surface area contributed by atoms with E-state index in [0.29, 0.717) is 19.7 Å². The number of benzene rings is 1. The highest BCUT2D eigenvalue weighted by atomic mass is 16.6. The SMILES string of the molecule is COCCNCc1cc([N+](=O)[O-])ccc1OC1CCCC1. The molecular formula is C15H22N2O4. The fourth-order valence-electron chi connectivity index (χ4n) is 2.52. The van der Waals surface area contributed by atoms with Crippen molar-refractivity contribution in [1.29, 1.82) is 0 Å². The molecule has 1 saturated carbocycles. The summed E-state index contributed by atoms with van der Waals surface area (Å²) in [7, 11) is 1.64. The zero-order valence-corrected chi connectivity index (χ0v) is 12.3. The number of hydrogen-bond donors (Lipinski definition) is 1. The van der Waals surface area contributed by atoms with Crippen LogP contribution < -0.4 is 10.1 Å². The summed E-state index contributed by atoms with van der Waals surface area (Å²) in [5.41, 5.74) is 0.921. The van der Waals surface area contributed by atoms with Gasteiger partial charge in [0, 0.05) is 37.9 Å². The summed E-state index contributed by atoms with van der Waals surface area (Å²) in [4.78, 5) is 10.5. The van der Waals surface area contributed by atoms with E-state index in [1.165, 1.54) is 18.9 Å². The second kappa shape index (κ2) is 7.95. The normalized spacial score (nSPS) is 15.3. The Hall–Kier alpha value is -1.66. The van der Waals surface area contributed by atoms with Crippen molar-refractivity contribution >= 4 is 5.69 Å². The molecule has 0 aliphatic heterocycles. The molecule has 0 spiro atoms. The lowest BCUT2D eigenvalue weighted by Gasteiger charge is -2.16. The van der Waals surface area contributed by atoms with Gasteiger partial charge in [0.25, 0.3) is 5.69 Å². The molecule has 1 fully saturated rings. The lowest BCUT2D eigenvalue weighted by Crippen LogP contribution is -2.20. The number of nitrogens with one attached hydrogen (secondary N) is 1. The fraction of sp³-hybridized carbons (Fsp3) is 0.600. The number of hydrogen-bond acceptors (Lipinski definition) is 5. The first-order valence-corrected chi connectivity index (χ1v) is 7.34. The molecule has 0 saturated heterocycles. The average molecular weight is 294 g/mol. The van der Waals surface area contributed by atoms with Gasteiger partial charge in [0.15, 0.2) is 0 Å². The Bertz CT molecular complexity index is 473. The van der Waals surface area contributed by atoms with Crippen LogP contribution in [0, 0.1) is 10.1 Å². The van der Waals surface area contributed by atoms with E-state index < -0.39 is 0 Å². The smallest absolute Gasteiger partial charge is 0.270 e.